The zero-order chi connectivity index (χ0) is 28.3. The molecule has 11 heteroatoms. The Morgan fingerprint density at radius 2 is 1.83 bits per heavy atom. The first-order valence-corrected chi connectivity index (χ1v) is 14.4. The average Bonchev–Trinajstić information content (AvgIpc) is 3.36. The van der Waals surface area contributed by atoms with Gasteiger partial charge in [0.05, 0.1) is 11.0 Å². The van der Waals surface area contributed by atoms with Gasteiger partial charge in [-0.25, -0.2) is 14.4 Å². The second-order valence-electron chi connectivity index (χ2n) is 11.1. The minimum atomic E-state index is -0.656. The first-order chi connectivity index (χ1) is 19.9. The van der Waals surface area contributed by atoms with Gasteiger partial charge in [-0.3, -0.25) is 14.7 Å². The van der Waals surface area contributed by atoms with Crippen LogP contribution in [0.3, 0.4) is 0 Å². The van der Waals surface area contributed by atoms with Crippen molar-refractivity contribution < 1.29 is 14.2 Å². The highest BCUT2D eigenvalue weighted by atomic mass is 19.1. The van der Waals surface area contributed by atoms with Gasteiger partial charge in [-0.15, -0.1) is 0 Å². The van der Waals surface area contributed by atoms with Gasteiger partial charge in [-0.2, -0.15) is 0 Å². The van der Waals surface area contributed by atoms with Gasteiger partial charge < -0.3 is 19.7 Å². The molecule has 6 rings (SSSR count). The normalized spacial score (nSPS) is 17.2. The third-order valence-corrected chi connectivity index (χ3v) is 8.21. The number of imidazole rings is 1. The minimum absolute atomic E-state index is 0.0498. The van der Waals surface area contributed by atoms with E-state index in [0.717, 1.165) is 67.9 Å². The molecular formula is C30H35BFN7O2. The van der Waals surface area contributed by atoms with E-state index in [9.17, 15) is 14.2 Å². The number of benzene rings is 1. The molecule has 4 aromatic rings. The lowest BCUT2D eigenvalue weighted by Crippen LogP contribution is -2.45. The molecule has 9 nitrogen and oxygen atoms in total. The van der Waals surface area contributed by atoms with Crippen LogP contribution in [0.2, 0.25) is 6.82 Å². The van der Waals surface area contributed by atoms with E-state index >= 15 is 0 Å². The van der Waals surface area contributed by atoms with Crippen LogP contribution in [0.25, 0.3) is 22.6 Å². The highest BCUT2D eigenvalue weighted by Crippen LogP contribution is 2.34. The number of likely N-dealkylation sites (tertiary alicyclic amines) is 2. The Hall–Kier alpha value is -3.83. The zero-order valence-electron chi connectivity index (χ0n) is 23.3. The topological polar surface area (TPSA) is 99.4 Å². The van der Waals surface area contributed by atoms with Gasteiger partial charge in [0.15, 0.2) is 5.82 Å². The molecule has 212 valence electrons. The molecule has 0 radical (unpaired) electrons. The fraction of sp³-hybridized carbons (Fsp3) is 0.400. The Morgan fingerprint density at radius 1 is 1.02 bits per heavy atom. The SMILES string of the molecule is CB(O)Nc1cc(CN2CCC(C(=O)N3CCC(n4c(-c5ccccn5)nc5cc(F)ccc54)CC3)CC2)ccn1. The number of halogens is 1. The number of carbonyl (C=O) groups is 1. The maximum absolute atomic E-state index is 14.0. The Morgan fingerprint density at radius 3 is 2.56 bits per heavy atom. The maximum Gasteiger partial charge on any atom is 0.408 e. The molecular weight excluding hydrogens is 520 g/mol. The van der Waals surface area contributed by atoms with Gasteiger partial charge >= 0.3 is 7.05 Å². The number of nitrogens with zero attached hydrogens (tertiary/aromatic N) is 6. The van der Waals surface area contributed by atoms with Crippen LogP contribution in [0.1, 0.15) is 37.3 Å². The van der Waals surface area contributed by atoms with Crippen molar-refractivity contribution in [1.82, 2.24) is 29.3 Å². The average molecular weight is 555 g/mol. The van der Waals surface area contributed by atoms with Crippen molar-refractivity contribution >= 4 is 29.8 Å². The van der Waals surface area contributed by atoms with Crippen LogP contribution in [0.4, 0.5) is 10.2 Å². The summed E-state index contributed by atoms with van der Waals surface area (Å²) in [6.07, 6.45) is 6.84. The molecule has 2 fully saturated rings. The second-order valence-corrected chi connectivity index (χ2v) is 11.1. The van der Waals surface area contributed by atoms with Crippen LogP contribution >= 0.6 is 0 Å². The van der Waals surface area contributed by atoms with Gasteiger partial charge in [0.1, 0.15) is 17.3 Å². The number of aromatic nitrogens is 4. The summed E-state index contributed by atoms with van der Waals surface area (Å²) < 4.78 is 16.2. The van der Waals surface area contributed by atoms with E-state index in [-0.39, 0.29) is 23.7 Å². The summed E-state index contributed by atoms with van der Waals surface area (Å²) in [7, 11) is -0.656. The predicted molar refractivity (Wildman–Crippen MR) is 157 cm³/mol. The number of carbonyl (C=O) groups excluding carboxylic acids is 1. The molecule has 1 amide bonds. The van der Waals surface area contributed by atoms with Crippen LogP contribution in [-0.2, 0) is 11.3 Å². The molecule has 0 saturated carbocycles. The molecule has 2 aliphatic heterocycles. The Labute approximate surface area is 239 Å². The van der Waals surface area contributed by atoms with Gasteiger partial charge in [0.2, 0.25) is 5.91 Å². The number of hydrogen-bond donors (Lipinski definition) is 2. The van der Waals surface area contributed by atoms with Crippen LogP contribution in [0, 0.1) is 11.7 Å². The molecule has 2 aliphatic rings. The number of fused-ring (bicyclic) bond motifs is 1. The number of rotatable bonds is 7. The molecule has 41 heavy (non-hydrogen) atoms. The van der Waals surface area contributed by atoms with Crippen molar-refractivity contribution in [2.45, 2.75) is 45.1 Å². The minimum Gasteiger partial charge on any atom is -0.433 e. The lowest BCUT2D eigenvalue weighted by molar-refractivity contribution is -0.138. The van der Waals surface area contributed by atoms with Gasteiger partial charge in [0, 0.05) is 50.1 Å². The zero-order valence-corrected chi connectivity index (χ0v) is 23.3. The summed E-state index contributed by atoms with van der Waals surface area (Å²) >= 11 is 0. The lowest BCUT2D eigenvalue weighted by Gasteiger charge is -2.38. The molecule has 1 aromatic carbocycles. The smallest absolute Gasteiger partial charge is 0.408 e. The summed E-state index contributed by atoms with van der Waals surface area (Å²) in [5, 5.41) is 12.5. The second kappa shape index (κ2) is 12.0. The van der Waals surface area contributed by atoms with Gasteiger partial charge in [0.25, 0.3) is 0 Å². The fourth-order valence-corrected chi connectivity index (χ4v) is 6.18. The van der Waals surface area contributed by atoms with Crippen LogP contribution < -0.4 is 5.23 Å². The van der Waals surface area contributed by atoms with Crippen LogP contribution in [0.15, 0.2) is 60.9 Å². The summed E-state index contributed by atoms with van der Waals surface area (Å²) in [5.41, 5.74) is 3.41. The number of hydrogen-bond acceptors (Lipinski definition) is 7. The van der Waals surface area contributed by atoms with E-state index in [2.05, 4.69) is 24.7 Å². The Bertz CT molecular complexity index is 1500. The molecule has 0 unspecified atom stereocenters. The van der Waals surface area contributed by atoms with Crippen molar-refractivity contribution in [3.8, 4) is 11.5 Å². The van der Waals surface area contributed by atoms with Gasteiger partial charge in [-0.1, -0.05) is 6.07 Å². The van der Waals surface area contributed by atoms with Crippen molar-refractivity contribution in [3.05, 3.63) is 72.3 Å². The molecule has 0 atom stereocenters. The Kier molecular flexibility index (Phi) is 7.98. The predicted octanol–water partition coefficient (Wildman–Crippen LogP) is 4.23. The first kappa shape index (κ1) is 27.3. The largest absolute Gasteiger partial charge is 0.433 e. The number of piperidine rings is 2. The number of anilines is 1. The summed E-state index contributed by atoms with van der Waals surface area (Å²) in [4.78, 5) is 31.4. The molecule has 2 N–H and O–H groups in total. The van der Waals surface area contributed by atoms with Crippen LogP contribution in [-0.4, -0.2) is 73.5 Å². The van der Waals surface area contributed by atoms with Crippen LogP contribution in [0.5, 0.6) is 0 Å². The van der Waals surface area contributed by atoms with E-state index in [1.54, 1.807) is 25.3 Å². The molecule has 3 aromatic heterocycles. The number of nitrogens with one attached hydrogen (secondary N) is 1. The van der Waals surface area contributed by atoms with E-state index in [4.69, 9.17) is 4.98 Å². The highest BCUT2D eigenvalue weighted by molar-refractivity contribution is 6.52. The van der Waals surface area contributed by atoms with E-state index in [1.807, 2.05) is 35.2 Å². The highest BCUT2D eigenvalue weighted by Gasteiger charge is 2.32. The van der Waals surface area contributed by atoms with Crippen molar-refractivity contribution in [2.75, 3.05) is 31.4 Å². The lowest BCUT2D eigenvalue weighted by atomic mass is 9.89. The molecule has 2 saturated heterocycles. The van der Waals surface area contributed by atoms with Gasteiger partial charge in [-0.05, 0) is 87.6 Å². The first-order valence-electron chi connectivity index (χ1n) is 14.4. The van der Waals surface area contributed by atoms with Crippen molar-refractivity contribution in [1.29, 1.82) is 0 Å². The number of amides is 1. The molecule has 0 spiro atoms. The Balaban J connectivity index is 1.07. The molecule has 0 aliphatic carbocycles. The van der Waals surface area contributed by atoms with E-state index < -0.39 is 7.05 Å². The standard InChI is InChI=1S/C30H35BFN7O2/c1-31(41)36-28-18-21(7-13-34-28)20-37-14-8-22(9-15-37)30(40)38-16-10-24(11-17-38)39-27-6-5-23(32)19-26(27)35-29(39)25-4-2-3-12-33-25/h2-7,12-13,18-19,22,24,41H,8-11,14-17,20H2,1H3,(H,34,36). The fourth-order valence-electron chi connectivity index (χ4n) is 6.18. The maximum atomic E-state index is 14.0. The molecule has 5 heterocycles. The van der Waals surface area contributed by atoms with E-state index in [1.165, 1.54) is 12.1 Å². The summed E-state index contributed by atoms with van der Waals surface area (Å²) in [6.45, 7) is 5.61. The van der Waals surface area contributed by atoms with Crippen molar-refractivity contribution in [3.63, 3.8) is 0 Å². The number of pyridine rings is 2. The quantitative estimate of drug-likeness (QED) is 0.330. The third kappa shape index (κ3) is 6.11. The van der Waals surface area contributed by atoms with Crippen molar-refractivity contribution in [2.24, 2.45) is 5.92 Å². The summed E-state index contributed by atoms with van der Waals surface area (Å²) in [6, 6.07) is 14.6. The monoisotopic (exact) mass is 555 g/mol. The molecule has 0 bridgehead atoms. The van der Waals surface area contributed by atoms with E-state index in [0.29, 0.717) is 24.4 Å². The third-order valence-electron chi connectivity index (χ3n) is 8.21. The summed E-state index contributed by atoms with van der Waals surface area (Å²) in [5.74, 6) is 1.41.